The first-order chi connectivity index (χ1) is 15.1. The average Bonchev–Trinajstić information content (AvgIpc) is 2.71. The molecule has 0 aromatic carbocycles. The largest absolute Gasteiger partial charge is 0.528 e. The first-order valence-corrected chi connectivity index (χ1v) is 12.0. The van der Waals surface area contributed by atoms with Gasteiger partial charge in [-0.1, -0.05) is 0 Å². The molecule has 0 atom stereocenters. The molecule has 0 saturated carbocycles. The summed E-state index contributed by atoms with van der Waals surface area (Å²) in [6.45, 7) is 6.27. The number of carbonyl (C=O) groups excluding carboxylic acids is 1. The number of rotatable bonds is 7. The van der Waals surface area contributed by atoms with Crippen molar-refractivity contribution >= 4 is 16.0 Å². The maximum absolute atomic E-state index is 11.6. The molecule has 0 amide bonds. The van der Waals surface area contributed by atoms with Crippen LogP contribution in [0.2, 0.25) is 0 Å². The highest BCUT2D eigenvalue weighted by molar-refractivity contribution is 7.90. The molecule has 12 heteroatoms. The zero-order valence-corrected chi connectivity index (χ0v) is 19.2. The van der Waals surface area contributed by atoms with Gasteiger partial charge in [-0.15, -0.1) is 5.06 Å². The summed E-state index contributed by atoms with van der Waals surface area (Å²) < 4.78 is 39.8. The molecule has 32 heavy (non-hydrogen) atoms. The van der Waals surface area contributed by atoms with E-state index in [1.54, 1.807) is 25.8 Å². The summed E-state index contributed by atoms with van der Waals surface area (Å²) in [6, 6.07) is 2.87. The number of carbonyl (C=O) groups is 1. The highest BCUT2D eigenvalue weighted by Crippen LogP contribution is 2.28. The summed E-state index contributed by atoms with van der Waals surface area (Å²) in [7, 11) is -3.34. The number of hydrogen-bond donors (Lipinski definition) is 0. The Balaban J connectivity index is 1.58. The molecular weight excluding hydrogens is 440 g/mol. The molecule has 3 rings (SSSR count). The van der Waals surface area contributed by atoms with Gasteiger partial charge in [-0.25, -0.2) is 28.2 Å². The molecule has 1 aliphatic heterocycles. The van der Waals surface area contributed by atoms with E-state index in [4.69, 9.17) is 19.0 Å². The fourth-order valence-electron chi connectivity index (χ4n) is 2.90. The lowest BCUT2D eigenvalue weighted by atomic mass is 10.1. The molecule has 11 nitrogen and oxygen atoms in total. The van der Waals surface area contributed by atoms with Crippen molar-refractivity contribution < 1.29 is 32.3 Å². The van der Waals surface area contributed by atoms with Crippen molar-refractivity contribution in [3.63, 3.8) is 0 Å². The summed E-state index contributed by atoms with van der Waals surface area (Å²) in [5, 5.41) is 1.55. The molecular formula is C20H26N4O7S. The van der Waals surface area contributed by atoms with Crippen molar-refractivity contribution in [1.82, 2.24) is 20.0 Å². The van der Waals surface area contributed by atoms with Crippen LogP contribution in [0, 0.1) is 6.92 Å². The topological polar surface area (TPSA) is 130 Å². The molecule has 174 valence electrons. The molecule has 1 saturated heterocycles. The number of hydrogen-bond acceptors (Lipinski definition) is 11. The normalized spacial score (nSPS) is 15.4. The summed E-state index contributed by atoms with van der Waals surface area (Å²) in [5.74, 6) is 0.831. The second kappa shape index (κ2) is 10.1. The van der Waals surface area contributed by atoms with Gasteiger partial charge in [0.05, 0.1) is 16.6 Å². The highest BCUT2D eigenvalue weighted by Gasteiger charge is 2.25. The number of sulfone groups is 1. The SMILES string of the molecule is Cc1c(Oc2ccc(S(C)(=O)=O)cn2)ncnc1OC1CCN(OC(=O)OC(C)C)CC1. The molecule has 0 N–H and O–H groups in total. The number of ether oxygens (including phenoxy) is 3. The first kappa shape index (κ1) is 23.7. The molecule has 0 bridgehead atoms. The number of aromatic nitrogens is 3. The average molecular weight is 467 g/mol. The quantitative estimate of drug-likeness (QED) is 0.558. The van der Waals surface area contributed by atoms with E-state index >= 15 is 0 Å². The van der Waals surface area contributed by atoms with Crippen molar-refractivity contribution in [2.75, 3.05) is 19.3 Å². The Labute approximate surface area is 186 Å². The Morgan fingerprint density at radius 1 is 1.12 bits per heavy atom. The van der Waals surface area contributed by atoms with E-state index < -0.39 is 16.0 Å². The van der Waals surface area contributed by atoms with Gasteiger partial charge >= 0.3 is 6.16 Å². The van der Waals surface area contributed by atoms with Crippen LogP contribution in [0.5, 0.6) is 17.6 Å². The molecule has 0 aliphatic carbocycles. The molecule has 0 unspecified atom stereocenters. The molecule has 0 spiro atoms. The predicted molar refractivity (Wildman–Crippen MR) is 112 cm³/mol. The number of pyridine rings is 1. The van der Waals surface area contributed by atoms with Crippen LogP contribution in [0.3, 0.4) is 0 Å². The van der Waals surface area contributed by atoms with Crippen LogP contribution in [0.15, 0.2) is 29.6 Å². The van der Waals surface area contributed by atoms with Crippen LogP contribution in [-0.4, -0.2) is 66.1 Å². The Morgan fingerprint density at radius 2 is 1.81 bits per heavy atom. The smallest absolute Gasteiger partial charge is 0.474 e. The monoisotopic (exact) mass is 466 g/mol. The van der Waals surface area contributed by atoms with Crippen molar-refractivity contribution in [3.05, 3.63) is 30.2 Å². The Kier molecular flexibility index (Phi) is 7.46. The van der Waals surface area contributed by atoms with Crippen LogP contribution < -0.4 is 9.47 Å². The van der Waals surface area contributed by atoms with E-state index in [1.165, 1.54) is 24.7 Å². The van der Waals surface area contributed by atoms with Crippen molar-refractivity contribution in [2.24, 2.45) is 0 Å². The highest BCUT2D eigenvalue weighted by atomic mass is 32.2. The third-order valence-corrected chi connectivity index (χ3v) is 5.64. The van der Waals surface area contributed by atoms with Crippen LogP contribution in [0.1, 0.15) is 32.3 Å². The van der Waals surface area contributed by atoms with E-state index in [2.05, 4.69) is 15.0 Å². The molecule has 1 aliphatic rings. The van der Waals surface area contributed by atoms with E-state index in [0.717, 1.165) is 6.26 Å². The second-order valence-corrected chi connectivity index (χ2v) is 9.59. The van der Waals surface area contributed by atoms with Crippen LogP contribution in [0.4, 0.5) is 4.79 Å². The van der Waals surface area contributed by atoms with Gasteiger partial charge in [-0.3, -0.25) is 0 Å². The lowest BCUT2D eigenvalue weighted by molar-refractivity contribution is -0.151. The van der Waals surface area contributed by atoms with Crippen LogP contribution >= 0.6 is 0 Å². The van der Waals surface area contributed by atoms with Gasteiger partial charge in [0.15, 0.2) is 9.84 Å². The number of piperidine rings is 1. The Morgan fingerprint density at radius 3 is 2.41 bits per heavy atom. The standard InChI is InChI=1S/C20H26N4O7S/c1-13(2)28-20(25)31-24-9-7-15(8-10-24)29-18-14(3)19(23-12-22-18)30-17-6-5-16(11-21-17)32(4,26)27/h5-6,11-13,15H,7-10H2,1-4H3. The maximum Gasteiger partial charge on any atom is 0.528 e. The van der Waals surface area contributed by atoms with Gasteiger partial charge in [0.1, 0.15) is 12.4 Å². The zero-order chi connectivity index (χ0) is 23.3. The molecule has 2 aromatic heterocycles. The minimum absolute atomic E-state index is 0.0982. The van der Waals surface area contributed by atoms with Crippen molar-refractivity contribution in [3.8, 4) is 17.6 Å². The maximum atomic E-state index is 11.6. The predicted octanol–water partition coefficient (Wildman–Crippen LogP) is 2.70. The third-order valence-electron chi connectivity index (χ3n) is 4.54. The van der Waals surface area contributed by atoms with Crippen LogP contribution in [0.25, 0.3) is 0 Å². The van der Waals surface area contributed by atoms with E-state index in [-0.39, 0.29) is 28.9 Å². The Hall–Kier alpha value is -2.99. The van der Waals surface area contributed by atoms with E-state index in [0.29, 0.717) is 37.4 Å². The van der Waals surface area contributed by atoms with Gasteiger partial charge in [0.2, 0.25) is 17.6 Å². The minimum Gasteiger partial charge on any atom is -0.474 e. The number of nitrogens with zero attached hydrogens (tertiary/aromatic N) is 4. The fraction of sp³-hybridized carbons (Fsp3) is 0.500. The Bertz CT molecular complexity index is 1040. The summed E-state index contributed by atoms with van der Waals surface area (Å²) >= 11 is 0. The van der Waals surface area contributed by atoms with Gasteiger partial charge in [-0.2, -0.15) is 0 Å². The van der Waals surface area contributed by atoms with Crippen molar-refractivity contribution in [2.45, 2.75) is 50.7 Å². The van der Waals surface area contributed by atoms with Crippen molar-refractivity contribution in [1.29, 1.82) is 0 Å². The van der Waals surface area contributed by atoms with Gasteiger partial charge < -0.3 is 19.0 Å². The fourth-order valence-corrected chi connectivity index (χ4v) is 3.46. The zero-order valence-electron chi connectivity index (χ0n) is 18.3. The van der Waals surface area contributed by atoms with Gasteiger partial charge in [-0.05, 0) is 26.8 Å². The summed E-state index contributed by atoms with van der Waals surface area (Å²) in [4.78, 5) is 29.2. The third kappa shape index (κ3) is 6.50. The van der Waals surface area contributed by atoms with Gasteiger partial charge in [0, 0.05) is 44.5 Å². The molecule has 0 radical (unpaired) electrons. The summed E-state index contributed by atoms with van der Waals surface area (Å²) in [5.41, 5.74) is 0.584. The lowest BCUT2D eigenvalue weighted by Gasteiger charge is -2.30. The van der Waals surface area contributed by atoms with Gasteiger partial charge in [0.25, 0.3) is 0 Å². The minimum atomic E-state index is -3.34. The molecule has 3 heterocycles. The molecule has 1 fully saturated rings. The lowest BCUT2D eigenvalue weighted by Crippen LogP contribution is -2.40. The first-order valence-electron chi connectivity index (χ1n) is 10.1. The summed E-state index contributed by atoms with van der Waals surface area (Å²) in [6.07, 6.45) is 3.83. The second-order valence-electron chi connectivity index (χ2n) is 7.57. The molecule has 2 aromatic rings. The number of hydroxylamine groups is 2. The van der Waals surface area contributed by atoms with Crippen LogP contribution in [-0.2, 0) is 19.4 Å². The van der Waals surface area contributed by atoms with E-state index in [9.17, 15) is 13.2 Å². The van der Waals surface area contributed by atoms with E-state index in [1.807, 2.05) is 0 Å².